The molecule has 1 N–H and O–H groups in total. The molecule has 1 unspecified atom stereocenters. The topological polar surface area (TPSA) is 69.7 Å². The van der Waals surface area contributed by atoms with Crippen molar-refractivity contribution in [1.29, 1.82) is 0 Å². The quantitative estimate of drug-likeness (QED) is 0.734. The summed E-state index contributed by atoms with van der Waals surface area (Å²) in [5.74, 6) is -0.0389. The Bertz CT molecular complexity index is 381. The van der Waals surface area contributed by atoms with Crippen LogP contribution in [0.5, 0.6) is 0 Å². The second kappa shape index (κ2) is 6.49. The first-order valence-corrected chi connectivity index (χ1v) is 7.92. The lowest BCUT2D eigenvalue weighted by Gasteiger charge is -2.35. The number of amides is 1. The number of hydrogen-bond donors (Lipinski definition) is 1. The van der Waals surface area contributed by atoms with Crippen molar-refractivity contribution in [1.82, 2.24) is 14.5 Å². The van der Waals surface area contributed by atoms with Crippen molar-refractivity contribution < 1.29 is 13.2 Å². The highest BCUT2D eigenvalue weighted by molar-refractivity contribution is 7.89. The molecule has 1 amide bonds. The average Bonchev–Trinajstić information content (AvgIpc) is 2.35. The van der Waals surface area contributed by atoms with Gasteiger partial charge in [-0.25, -0.2) is 8.42 Å². The van der Waals surface area contributed by atoms with Crippen molar-refractivity contribution in [3.05, 3.63) is 0 Å². The Kier molecular flexibility index (Phi) is 5.55. The van der Waals surface area contributed by atoms with E-state index in [4.69, 9.17) is 0 Å². The standard InChI is InChI=1S/C11H23N3O3S/c1-4-5-8-18(16,17)14-7-6-12-9-10(14)11(15)13(2)3/h10,12H,4-9H2,1-3H3. The Morgan fingerprint density at radius 3 is 2.67 bits per heavy atom. The van der Waals surface area contributed by atoms with E-state index in [2.05, 4.69) is 5.32 Å². The predicted molar refractivity (Wildman–Crippen MR) is 70.8 cm³/mol. The van der Waals surface area contributed by atoms with Gasteiger partial charge in [-0.05, 0) is 6.42 Å². The Morgan fingerprint density at radius 1 is 1.44 bits per heavy atom. The second-order valence-electron chi connectivity index (χ2n) is 4.73. The molecule has 6 nitrogen and oxygen atoms in total. The third kappa shape index (κ3) is 3.66. The summed E-state index contributed by atoms with van der Waals surface area (Å²) in [5.41, 5.74) is 0. The first-order valence-electron chi connectivity index (χ1n) is 6.31. The highest BCUT2D eigenvalue weighted by Gasteiger charge is 2.36. The molecule has 1 aliphatic heterocycles. The van der Waals surface area contributed by atoms with Crippen molar-refractivity contribution in [3.63, 3.8) is 0 Å². The number of sulfonamides is 1. The first kappa shape index (κ1) is 15.4. The van der Waals surface area contributed by atoms with E-state index in [-0.39, 0.29) is 11.7 Å². The molecule has 0 spiro atoms. The molecule has 1 rings (SSSR count). The maximum atomic E-state index is 12.2. The van der Waals surface area contributed by atoms with Gasteiger partial charge in [-0.15, -0.1) is 0 Å². The van der Waals surface area contributed by atoms with E-state index in [0.717, 1.165) is 6.42 Å². The minimum Gasteiger partial charge on any atom is -0.347 e. The third-order valence-electron chi connectivity index (χ3n) is 3.03. The Morgan fingerprint density at radius 2 is 2.11 bits per heavy atom. The third-order valence-corrected chi connectivity index (χ3v) is 4.99. The van der Waals surface area contributed by atoms with Crippen molar-refractivity contribution >= 4 is 15.9 Å². The molecular weight excluding hydrogens is 254 g/mol. The molecule has 0 aliphatic carbocycles. The molecule has 0 saturated carbocycles. The van der Waals surface area contributed by atoms with E-state index < -0.39 is 16.1 Å². The molecule has 0 aromatic heterocycles. The van der Waals surface area contributed by atoms with Gasteiger partial charge in [0.15, 0.2) is 0 Å². The van der Waals surface area contributed by atoms with Gasteiger partial charge in [0.2, 0.25) is 15.9 Å². The molecule has 7 heteroatoms. The van der Waals surface area contributed by atoms with Crippen LogP contribution in [0.15, 0.2) is 0 Å². The molecule has 0 bridgehead atoms. The van der Waals surface area contributed by atoms with Gasteiger partial charge in [-0.2, -0.15) is 4.31 Å². The van der Waals surface area contributed by atoms with Gasteiger partial charge >= 0.3 is 0 Å². The Labute approximate surface area is 109 Å². The Balaban J connectivity index is 2.85. The lowest BCUT2D eigenvalue weighted by atomic mass is 10.2. The number of carbonyl (C=O) groups is 1. The summed E-state index contributed by atoms with van der Waals surface area (Å²) in [6.45, 7) is 3.32. The summed E-state index contributed by atoms with van der Waals surface area (Å²) >= 11 is 0. The zero-order chi connectivity index (χ0) is 13.8. The molecule has 1 atom stereocenters. The molecule has 1 heterocycles. The zero-order valence-electron chi connectivity index (χ0n) is 11.3. The van der Waals surface area contributed by atoms with Gasteiger partial charge in [0.05, 0.1) is 5.75 Å². The number of piperazine rings is 1. The lowest BCUT2D eigenvalue weighted by molar-refractivity contribution is -0.133. The van der Waals surface area contributed by atoms with E-state index in [9.17, 15) is 13.2 Å². The summed E-state index contributed by atoms with van der Waals surface area (Å²) in [7, 11) is -0.0341. The van der Waals surface area contributed by atoms with Gasteiger partial charge < -0.3 is 10.2 Å². The minimum atomic E-state index is -3.33. The number of unbranched alkanes of at least 4 members (excludes halogenated alkanes) is 1. The Hall–Kier alpha value is -0.660. The van der Waals surface area contributed by atoms with Gasteiger partial charge in [0.25, 0.3) is 0 Å². The highest BCUT2D eigenvalue weighted by Crippen LogP contribution is 2.13. The van der Waals surface area contributed by atoms with Crippen molar-refractivity contribution in [3.8, 4) is 0 Å². The maximum absolute atomic E-state index is 12.2. The van der Waals surface area contributed by atoms with Crippen LogP contribution in [0.3, 0.4) is 0 Å². The van der Waals surface area contributed by atoms with E-state index in [1.165, 1.54) is 9.21 Å². The highest BCUT2D eigenvalue weighted by atomic mass is 32.2. The number of hydrogen-bond acceptors (Lipinski definition) is 4. The van der Waals surface area contributed by atoms with E-state index in [0.29, 0.717) is 26.1 Å². The van der Waals surface area contributed by atoms with Crippen molar-refractivity contribution in [2.45, 2.75) is 25.8 Å². The maximum Gasteiger partial charge on any atom is 0.241 e. The summed E-state index contributed by atoms with van der Waals surface area (Å²) in [6, 6.07) is -0.601. The molecule has 0 radical (unpaired) electrons. The molecule has 1 aliphatic rings. The van der Waals surface area contributed by atoms with Crippen LogP contribution in [0.25, 0.3) is 0 Å². The first-order chi connectivity index (χ1) is 8.40. The van der Waals surface area contributed by atoms with Crippen LogP contribution in [0.4, 0.5) is 0 Å². The molecule has 0 aromatic rings. The largest absolute Gasteiger partial charge is 0.347 e. The van der Waals surface area contributed by atoms with Crippen molar-refractivity contribution in [2.75, 3.05) is 39.5 Å². The minimum absolute atomic E-state index is 0.126. The fourth-order valence-corrected chi connectivity index (χ4v) is 3.78. The normalized spacial score (nSPS) is 21.8. The number of nitrogens with zero attached hydrogens (tertiary/aromatic N) is 2. The zero-order valence-corrected chi connectivity index (χ0v) is 12.2. The summed E-state index contributed by atoms with van der Waals surface area (Å²) in [4.78, 5) is 13.5. The fourth-order valence-electron chi connectivity index (χ4n) is 1.97. The van der Waals surface area contributed by atoms with Crippen LogP contribution < -0.4 is 5.32 Å². The summed E-state index contributed by atoms with van der Waals surface area (Å²) in [6.07, 6.45) is 1.47. The number of nitrogens with one attached hydrogen (secondary N) is 1. The lowest BCUT2D eigenvalue weighted by Crippen LogP contribution is -2.59. The van der Waals surface area contributed by atoms with Gasteiger partial charge in [0.1, 0.15) is 6.04 Å². The van der Waals surface area contributed by atoms with Gasteiger partial charge in [-0.1, -0.05) is 13.3 Å². The van der Waals surface area contributed by atoms with E-state index in [1.807, 2.05) is 6.92 Å². The summed E-state index contributed by atoms with van der Waals surface area (Å²) < 4.78 is 25.8. The van der Waals surface area contributed by atoms with Crippen LogP contribution in [0.2, 0.25) is 0 Å². The van der Waals surface area contributed by atoms with Crippen LogP contribution >= 0.6 is 0 Å². The van der Waals surface area contributed by atoms with Crippen LogP contribution in [0.1, 0.15) is 19.8 Å². The molecule has 0 aromatic carbocycles. The van der Waals surface area contributed by atoms with Gasteiger partial charge in [0, 0.05) is 33.7 Å². The fraction of sp³-hybridized carbons (Fsp3) is 0.909. The monoisotopic (exact) mass is 277 g/mol. The molecule has 18 heavy (non-hydrogen) atoms. The van der Waals surface area contributed by atoms with E-state index in [1.54, 1.807) is 14.1 Å². The number of carbonyl (C=O) groups excluding carboxylic acids is 1. The van der Waals surface area contributed by atoms with E-state index >= 15 is 0 Å². The predicted octanol–water partition coefficient (Wildman–Crippen LogP) is -0.522. The van der Waals surface area contributed by atoms with Crippen LogP contribution in [-0.2, 0) is 14.8 Å². The van der Waals surface area contributed by atoms with Crippen molar-refractivity contribution in [2.24, 2.45) is 0 Å². The average molecular weight is 277 g/mol. The number of rotatable bonds is 5. The van der Waals surface area contributed by atoms with Crippen LogP contribution in [0, 0.1) is 0 Å². The van der Waals surface area contributed by atoms with Crippen LogP contribution in [-0.4, -0.2) is 69.1 Å². The van der Waals surface area contributed by atoms with Gasteiger partial charge in [-0.3, -0.25) is 4.79 Å². The molecule has 1 saturated heterocycles. The molecule has 1 fully saturated rings. The molecule has 106 valence electrons. The number of likely N-dealkylation sites (N-methyl/N-ethyl adjacent to an activating group) is 1. The SMILES string of the molecule is CCCCS(=O)(=O)N1CCNCC1C(=O)N(C)C. The second-order valence-corrected chi connectivity index (χ2v) is 6.77. The smallest absolute Gasteiger partial charge is 0.241 e. The summed E-state index contributed by atoms with van der Waals surface area (Å²) in [5, 5.41) is 3.08. The molecular formula is C11H23N3O3S.